The summed E-state index contributed by atoms with van der Waals surface area (Å²) in [5.74, 6) is 0.712. The Bertz CT molecular complexity index is 801. The highest BCUT2D eigenvalue weighted by Gasteiger charge is 2.25. The first-order valence-corrected chi connectivity index (χ1v) is 8.91. The van der Waals surface area contributed by atoms with Gasteiger partial charge in [0.2, 0.25) is 5.91 Å². The van der Waals surface area contributed by atoms with E-state index in [9.17, 15) is 9.59 Å². The highest BCUT2D eigenvalue weighted by Crippen LogP contribution is 2.19. The molecule has 0 bridgehead atoms. The van der Waals surface area contributed by atoms with Crippen LogP contribution in [0.25, 0.3) is 0 Å². The average Bonchev–Trinajstić information content (AvgIpc) is 2.68. The van der Waals surface area contributed by atoms with Crippen molar-refractivity contribution in [2.24, 2.45) is 0 Å². The molecule has 5 nitrogen and oxygen atoms in total. The largest absolute Gasteiger partial charge is 0.497 e. The zero-order valence-corrected chi connectivity index (χ0v) is 15.4. The Morgan fingerprint density at radius 2 is 1.69 bits per heavy atom. The summed E-state index contributed by atoms with van der Waals surface area (Å²) in [6.07, 6.45) is 0.329. The van der Waals surface area contributed by atoms with Gasteiger partial charge in [0.15, 0.2) is 0 Å². The molecule has 1 heterocycles. The molecule has 2 aromatic rings. The highest BCUT2D eigenvalue weighted by molar-refractivity contribution is 6.33. The fraction of sp³-hybridized carbons (Fsp3) is 0.300. The number of amides is 2. The van der Waals surface area contributed by atoms with Crippen molar-refractivity contribution < 1.29 is 14.3 Å². The minimum atomic E-state index is -0.0875. The van der Waals surface area contributed by atoms with Crippen molar-refractivity contribution in [3.63, 3.8) is 0 Å². The Balaban J connectivity index is 1.57. The fourth-order valence-electron chi connectivity index (χ4n) is 3.03. The SMILES string of the molecule is COc1cccc(CC(=O)N2CCN(C(=O)c3ccccc3Cl)CC2)c1. The maximum Gasteiger partial charge on any atom is 0.255 e. The molecule has 0 unspecified atom stereocenters. The van der Waals surface area contributed by atoms with Gasteiger partial charge in [0.05, 0.1) is 24.1 Å². The van der Waals surface area contributed by atoms with E-state index in [1.165, 1.54) is 0 Å². The lowest BCUT2D eigenvalue weighted by atomic mass is 10.1. The van der Waals surface area contributed by atoms with Gasteiger partial charge in [0.1, 0.15) is 5.75 Å². The third-order valence-corrected chi connectivity index (χ3v) is 4.84. The Morgan fingerprint density at radius 1 is 1.00 bits per heavy atom. The molecule has 0 atom stereocenters. The second-order valence-electron chi connectivity index (χ2n) is 6.18. The zero-order valence-electron chi connectivity index (χ0n) is 14.7. The number of hydrogen-bond donors (Lipinski definition) is 0. The van der Waals surface area contributed by atoms with Crippen LogP contribution in [0, 0.1) is 0 Å². The minimum absolute atomic E-state index is 0.0584. The number of ether oxygens (including phenoxy) is 1. The molecular formula is C20H21ClN2O3. The van der Waals surface area contributed by atoms with Crippen LogP contribution in [0.1, 0.15) is 15.9 Å². The van der Waals surface area contributed by atoms with E-state index < -0.39 is 0 Å². The number of methoxy groups -OCH3 is 1. The molecule has 136 valence electrons. The highest BCUT2D eigenvalue weighted by atomic mass is 35.5. The predicted molar refractivity (Wildman–Crippen MR) is 101 cm³/mol. The second kappa shape index (κ2) is 8.23. The van der Waals surface area contributed by atoms with Crippen molar-refractivity contribution in [3.8, 4) is 5.75 Å². The number of hydrogen-bond acceptors (Lipinski definition) is 3. The topological polar surface area (TPSA) is 49.9 Å². The number of piperazine rings is 1. The first-order chi connectivity index (χ1) is 12.6. The Hall–Kier alpha value is -2.53. The van der Waals surface area contributed by atoms with Gasteiger partial charge < -0.3 is 14.5 Å². The summed E-state index contributed by atoms with van der Waals surface area (Å²) in [4.78, 5) is 28.7. The molecule has 0 N–H and O–H groups in total. The Labute approximate surface area is 158 Å². The number of carbonyl (C=O) groups is 2. The standard InChI is InChI=1S/C20H21ClN2O3/c1-26-16-6-4-5-15(13-16)14-19(24)22-9-11-23(12-10-22)20(25)17-7-2-3-8-18(17)21/h2-8,13H,9-12,14H2,1H3. The number of rotatable bonds is 4. The summed E-state index contributed by atoms with van der Waals surface area (Å²) in [5.41, 5.74) is 1.43. The van der Waals surface area contributed by atoms with Crippen LogP contribution >= 0.6 is 11.6 Å². The van der Waals surface area contributed by atoms with Crippen LogP contribution in [0.15, 0.2) is 48.5 Å². The van der Waals surface area contributed by atoms with Crippen LogP contribution in [-0.4, -0.2) is 54.9 Å². The third-order valence-electron chi connectivity index (χ3n) is 4.51. The van der Waals surface area contributed by atoms with Gasteiger partial charge in [0.25, 0.3) is 5.91 Å². The van der Waals surface area contributed by atoms with Gasteiger partial charge in [-0.25, -0.2) is 0 Å². The van der Waals surface area contributed by atoms with Crippen molar-refractivity contribution in [2.45, 2.75) is 6.42 Å². The first-order valence-electron chi connectivity index (χ1n) is 8.53. The molecule has 3 rings (SSSR count). The van der Waals surface area contributed by atoms with E-state index in [-0.39, 0.29) is 11.8 Å². The quantitative estimate of drug-likeness (QED) is 0.829. The number of carbonyl (C=O) groups excluding carboxylic acids is 2. The molecule has 1 saturated heterocycles. The van der Waals surface area contributed by atoms with Crippen molar-refractivity contribution >= 4 is 23.4 Å². The number of halogens is 1. The summed E-state index contributed by atoms with van der Waals surface area (Å²) >= 11 is 6.11. The van der Waals surface area contributed by atoms with Gasteiger partial charge in [0, 0.05) is 26.2 Å². The van der Waals surface area contributed by atoms with Gasteiger partial charge >= 0.3 is 0 Å². The molecule has 0 radical (unpaired) electrons. The van der Waals surface area contributed by atoms with Crippen molar-refractivity contribution in [1.82, 2.24) is 9.80 Å². The van der Waals surface area contributed by atoms with E-state index >= 15 is 0 Å². The van der Waals surface area contributed by atoms with E-state index in [1.807, 2.05) is 24.3 Å². The van der Waals surface area contributed by atoms with E-state index in [0.29, 0.717) is 43.2 Å². The summed E-state index contributed by atoms with van der Waals surface area (Å²) in [5, 5.41) is 0.453. The van der Waals surface area contributed by atoms with E-state index in [4.69, 9.17) is 16.3 Å². The molecule has 1 fully saturated rings. The summed E-state index contributed by atoms with van der Waals surface area (Å²) in [7, 11) is 1.61. The van der Waals surface area contributed by atoms with Crippen molar-refractivity contribution in [2.75, 3.05) is 33.3 Å². The summed E-state index contributed by atoms with van der Waals surface area (Å²) < 4.78 is 5.19. The van der Waals surface area contributed by atoms with Gasteiger partial charge in [-0.3, -0.25) is 9.59 Å². The molecule has 0 aromatic heterocycles. The van der Waals surface area contributed by atoms with Crippen LogP contribution in [0.5, 0.6) is 5.75 Å². The van der Waals surface area contributed by atoms with E-state index in [0.717, 1.165) is 11.3 Å². The molecule has 6 heteroatoms. The van der Waals surface area contributed by atoms with Crippen LogP contribution in [0.2, 0.25) is 5.02 Å². The lowest BCUT2D eigenvalue weighted by molar-refractivity contribution is -0.131. The lowest BCUT2D eigenvalue weighted by Gasteiger charge is -2.35. The fourth-order valence-corrected chi connectivity index (χ4v) is 3.25. The molecule has 0 saturated carbocycles. The average molecular weight is 373 g/mol. The molecular weight excluding hydrogens is 352 g/mol. The molecule has 1 aliphatic rings. The van der Waals surface area contributed by atoms with Crippen LogP contribution in [0.3, 0.4) is 0 Å². The first kappa shape index (κ1) is 18.3. The van der Waals surface area contributed by atoms with Gasteiger partial charge in [-0.1, -0.05) is 35.9 Å². The normalized spacial score (nSPS) is 14.2. The van der Waals surface area contributed by atoms with E-state index in [1.54, 1.807) is 41.2 Å². The van der Waals surface area contributed by atoms with Gasteiger partial charge in [-0.2, -0.15) is 0 Å². The third kappa shape index (κ3) is 4.17. The van der Waals surface area contributed by atoms with Gasteiger partial charge in [-0.05, 0) is 29.8 Å². The molecule has 2 amide bonds. The van der Waals surface area contributed by atoms with Crippen LogP contribution < -0.4 is 4.74 Å². The Kier molecular flexibility index (Phi) is 5.78. The molecule has 0 spiro atoms. The van der Waals surface area contributed by atoms with Crippen LogP contribution in [0.4, 0.5) is 0 Å². The molecule has 0 aliphatic carbocycles. The zero-order chi connectivity index (χ0) is 18.5. The van der Waals surface area contributed by atoms with Gasteiger partial charge in [-0.15, -0.1) is 0 Å². The molecule has 2 aromatic carbocycles. The smallest absolute Gasteiger partial charge is 0.255 e. The number of nitrogens with zero attached hydrogens (tertiary/aromatic N) is 2. The second-order valence-corrected chi connectivity index (χ2v) is 6.59. The van der Waals surface area contributed by atoms with E-state index in [2.05, 4.69) is 0 Å². The Morgan fingerprint density at radius 3 is 2.38 bits per heavy atom. The minimum Gasteiger partial charge on any atom is -0.497 e. The monoisotopic (exact) mass is 372 g/mol. The van der Waals surface area contributed by atoms with Crippen molar-refractivity contribution in [3.05, 3.63) is 64.7 Å². The van der Waals surface area contributed by atoms with Crippen LogP contribution in [-0.2, 0) is 11.2 Å². The molecule has 1 aliphatic heterocycles. The predicted octanol–water partition coefficient (Wildman–Crippen LogP) is 2.88. The summed E-state index contributed by atoms with van der Waals surface area (Å²) in [6, 6.07) is 14.6. The van der Waals surface area contributed by atoms with Crippen molar-refractivity contribution in [1.29, 1.82) is 0 Å². The maximum absolute atomic E-state index is 12.6. The number of benzene rings is 2. The maximum atomic E-state index is 12.6. The lowest BCUT2D eigenvalue weighted by Crippen LogP contribution is -2.51. The summed E-state index contributed by atoms with van der Waals surface area (Å²) in [6.45, 7) is 2.07. The molecule has 26 heavy (non-hydrogen) atoms.